The van der Waals surface area contributed by atoms with Crippen molar-refractivity contribution in [3.05, 3.63) is 35.5 Å². The maximum absolute atomic E-state index is 9.60. The molecule has 3 heteroatoms. The first kappa shape index (κ1) is 10.8. The molecule has 1 aromatic carbocycles. The zero-order chi connectivity index (χ0) is 11.8. The standard InChI is InChI=1S/C14H18N2O/c1-2-16-8-7-11-10-5-3-4-6-12(10)15-14(11)13(16)9-17/h3-6,13,15,17H,2,7-9H2,1H3. The number of benzene rings is 1. The number of likely N-dealkylation sites (N-methyl/N-ethyl adjacent to an activating group) is 1. The van der Waals surface area contributed by atoms with E-state index < -0.39 is 0 Å². The van der Waals surface area contributed by atoms with E-state index in [2.05, 4.69) is 41.1 Å². The zero-order valence-electron chi connectivity index (χ0n) is 10.1. The molecule has 90 valence electrons. The van der Waals surface area contributed by atoms with Crippen molar-refractivity contribution in [3.63, 3.8) is 0 Å². The highest BCUT2D eigenvalue weighted by atomic mass is 16.3. The van der Waals surface area contributed by atoms with Gasteiger partial charge in [-0.3, -0.25) is 4.90 Å². The number of para-hydroxylation sites is 1. The van der Waals surface area contributed by atoms with Gasteiger partial charge in [-0.15, -0.1) is 0 Å². The summed E-state index contributed by atoms with van der Waals surface area (Å²) in [4.78, 5) is 5.81. The molecule has 1 aliphatic heterocycles. The number of aliphatic hydroxyl groups is 1. The van der Waals surface area contributed by atoms with Crippen LogP contribution in [0, 0.1) is 0 Å². The van der Waals surface area contributed by atoms with Crippen LogP contribution in [0.4, 0.5) is 0 Å². The van der Waals surface area contributed by atoms with Crippen LogP contribution >= 0.6 is 0 Å². The third-order valence-corrected chi connectivity index (χ3v) is 3.85. The molecule has 3 rings (SSSR count). The van der Waals surface area contributed by atoms with Crippen LogP contribution < -0.4 is 0 Å². The molecule has 1 aliphatic rings. The number of hydrogen-bond donors (Lipinski definition) is 2. The maximum Gasteiger partial charge on any atom is 0.0735 e. The molecule has 0 aliphatic carbocycles. The Bertz CT molecular complexity index is 532. The molecule has 17 heavy (non-hydrogen) atoms. The molecule has 1 unspecified atom stereocenters. The van der Waals surface area contributed by atoms with Gasteiger partial charge in [0.05, 0.1) is 12.6 Å². The molecule has 2 aromatic rings. The normalized spacial score (nSPS) is 20.7. The number of H-pyrrole nitrogens is 1. The molecule has 0 radical (unpaired) electrons. The van der Waals surface area contributed by atoms with Crippen LogP contribution in [-0.4, -0.2) is 34.7 Å². The first-order chi connectivity index (χ1) is 8.35. The SMILES string of the molecule is CCN1CCc2c([nH]c3ccccc23)C1CO. The minimum Gasteiger partial charge on any atom is -0.394 e. The molecule has 3 nitrogen and oxygen atoms in total. The van der Waals surface area contributed by atoms with Gasteiger partial charge in [0.15, 0.2) is 0 Å². The molecular formula is C14H18N2O. The second-order valence-corrected chi connectivity index (χ2v) is 4.64. The van der Waals surface area contributed by atoms with E-state index in [-0.39, 0.29) is 12.6 Å². The van der Waals surface area contributed by atoms with Gasteiger partial charge in [-0.05, 0) is 24.6 Å². The summed E-state index contributed by atoms with van der Waals surface area (Å²) in [5.74, 6) is 0. The summed E-state index contributed by atoms with van der Waals surface area (Å²) in [5.41, 5.74) is 3.79. The smallest absolute Gasteiger partial charge is 0.0735 e. The Labute approximate surface area is 101 Å². The van der Waals surface area contributed by atoms with Gasteiger partial charge in [0, 0.05) is 23.1 Å². The summed E-state index contributed by atoms with van der Waals surface area (Å²) in [6.45, 7) is 4.36. The van der Waals surface area contributed by atoms with Crippen LogP contribution in [0.15, 0.2) is 24.3 Å². The lowest BCUT2D eigenvalue weighted by atomic mass is 9.98. The lowest BCUT2D eigenvalue weighted by Crippen LogP contribution is -2.37. The number of hydrogen-bond acceptors (Lipinski definition) is 2. The van der Waals surface area contributed by atoms with Crippen LogP contribution in [0.2, 0.25) is 0 Å². The number of rotatable bonds is 2. The Morgan fingerprint density at radius 3 is 3.00 bits per heavy atom. The number of aromatic nitrogens is 1. The monoisotopic (exact) mass is 230 g/mol. The van der Waals surface area contributed by atoms with Gasteiger partial charge in [-0.1, -0.05) is 25.1 Å². The Balaban J connectivity index is 2.16. The summed E-state index contributed by atoms with van der Waals surface area (Å²) >= 11 is 0. The van der Waals surface area contributed by atoms with Gasteiger partial charge in [-0.25, -0.2) is 0 Å². The molecule has 0 fully saturated rings. The Morgan fingerprint density at radius 1 is 1.41 bits per heavy atom. The molecule has 0 spiro atoms. The van der Waals surface area contributed by atoms with E-state index in [0.29, 0.717) is 0 Å². The van der Waals surface area contributed by atoms with Crippen molar-refractivity contribution >= 4 is 10.9 Å². The average Bonchev–Trinajstić information content (AvgIpc) is 2.75. The number of nitrogens with zero attached hydrogens (tertiary/aromatic N) is 1. The fourth-order valence-corrected chi connectivity index (χ4v) is 2.95. The first-order valence-corrected chi connectivity index (χ1v) is 6.29. The summed E-state index contributed by atoms with van der Waals surface area (Å²) < 4.78 is 0. The average molecular weight is 230 g/mol. The van der Waals surface area contributed by atoms with Crippen molar-refractivity contribution in [1.29, 1.82) is 0 Å². The van der Waals surface area contributed by atoms with Gasteiger partial charge in [-0.2, -0.15) is 0 Å². The van der Waals surface area contributed by atoms with Crippen LogP contribution in [0.3, 0.4) is 0 Å². The van der Waals surface area contributed by atoms with Crippen LogP contribution in [0.5, 0.6) is 0 Å². The third kappa shape index (κ3) is 1.58. The number of nitrogens with one attached hydrogen (secondary N) is 1. The second kappa shape index (κ2) is 4.17. The van der Waals surface area contributed by atoms with Crippen molar-refractivity contribution < 1.29 is 5.11 Å². The number of aliphatic hydroxyl groups excluding tert-OH is 1. The Kier molecular flexibility index (Phi) is 2.65. The van der Waals surface area contributed by atoms with E-state index in [4.69, 9.17) is 0 Å². The van der Waals surface area contributed by atoms with Crippen molar-refractivity contribution in [3.8, 4) is 0 Å². The van der Waals surface area contributed by atoms with Crippen molar-refractivity contribution in [2.24, 2.45) is 0 Å². The van der Waals surface area contributed by atoms with Crippen LogP contribution in [-0.2, 0) is 6.42 Å². The minimum absolute atomic E-state index is 0.135. The molecule has 2 heterocycles. The highest BCUT2D eigenvalue weighted by Crippen LogP contribution is 2.33. The third-order valence-electron chi connectivity index (χ3n) is 3.85. The van der Waals surface area contributed by atoms with Crippen molar-refractivity contribution in [2.75, 3.05) is 19.7 Å². The van der Waals surface area contributed by atoms with E-state index in [0.717, 1.165) is 19.5 Å². The topological polar surface area (TPSA) is 39.3 Å². The Morgan fingerprint density at radius 2 is 2.24 bits per heavy atom. The van der Waals surface area contributed by atoms with E-state index in [1.54, 1.807) is 0 Å². The molecule has 0 bridgehead atoms. The maximum atomic E-state index is 9.60. The molecule has 0 amide bonds. The van der Waals surface area contributed by atoms with E-state index >= 15 is 0 Å². The predicted molar refractivity (Wildman–Crippen MR) is 69.1 cm³/mol. The van der Waals surface area contributed by atoms with Crippen LogP contribution in [0.25, 0.3) is 10.9 Å². The highest BCUT2D eigenvalue weighted by molar-refractivity contribution is 5.85. The molecule has 1 atom stereocenters. The molecule has 1 aromatic heterocycles. The van der Waals surface area contributed by atoms with E-state index in [1.807, 2.05) is 0 Å². The second-order valence-electron chi connectivity index (χ2n) is 4.64. The lowest BCUT2D eigenvalue weighted by Gasteiger charge is -2.33. The van der Waals surface area contributed by atoms with Crippen molar-refractivity contribution in [2.45, 2.75) is 19.4 Å². The Hall–Kier alpha value is -1.32. The predicted octanol–water partition coefficient (Wildman–Crippen LogP) is 2.08. The van der Waals surface area contributed by atoms with Gasteiger partial charge >= 0.3 is 0 Å². The molecule has 0 saturated carbocycles. The first-order valence-electron chi connectivity index (χ1n) is 6.29. The fourth-order valence-electron chi connectivity index (χ4n) is 2.95. The van der Waals surface area contributed by atoms with E-state index in [1.165, 1.54) is 22.2 Å². The molecular weight excluding hydrogens is 212 g/mol. The van der Waals surface area contributed by atoms with Crippen molar-refractivity contribution in [1.82, 2.24) is 9.88 Å². The molecule has 2 N–H and O–H groups in total. The van der Waals surface area contributed by atoms with Gasteiger partial charge in [0.1, 0.15) is 0 Å². The largest absolute Gasteiger partial charge is 0.394 e. The quantitative estimate of drug-likeness (QED) is 0.829. The minimum atomic E-state index is 0.135. The highest BCUT2D eigenvalue weighted by Gasteiger charge is 2.28. The zero-order valence-corrected chi connectivity index (χ0v) is 10.1. The summed E-state index contributed by atoms with van der Waals surface area (Å²) in [5, 5.41) is 10.9. The number of aromatic amines is 1. The van der Waals surface area contributed by atoms with Gasteiger partial charge in [0.2, 0.25) is 0 Å². The summed E-state index contributed by atoms with van der Waals surface area (Å²) in [7, 11) is 0. The molecule has 0 saturated heterocycles. The lowest BCUT2D eigenvalue weighted by molar-refractivity contribution is 0.117. The van der Waals surface area contributed by atoms with Gasteiger partial charge in [0.25, 0.3) is 0 Å². The number of fused-ring (bicyclic) bond motifs is 3. The van der Waals surface area contributed by atoms with E-state index in [9.17, 15) is 5.11 Å². The summed E-state index contributed by atoms with van der Waals surface area (Å²) in [6, 6.07) is 8.54. The summed E-state index contributed by atoms with van der Waals surface area (Å²) in [6.07, 6.45) is 1.07. The van der Waals surface area contributed by atoms with Crippen LogP contribution in [0.1, 0.15) is 24.2 Å². The van der Waals surface area contributed by atoms with Gasteiger partial charge < -0.3 is 10.1 Å². The fraction of sp³-hybridized carbons (Fsp3) is 0.429.